The average Bonchev–Trinajstić information content (AvgIpc) is 3.23. The van der Waals surface area contributed by atoms with E-state index >= 15 is 0 Å². The molecule has 0 amide bonds. The van der Waals surface area contributed by atoms with Gasteiger partial charge in [-0.15, -0.1) is 24.0 Å². The molecule has 1 aromatic carbocycles. The van der Waals surface area contributed by atoms with Gasteiger partial charge >= 0.3 is 0 Å². The Morgan fingerprint density at radius 1 is 1.28 bits per heavy atom. The largest absolute Gasteiger partial charge is 0.493 e. The van der Waals surface area contributed by atoms with Crippen molar-refractivity contribution in [2.24, 2.45) is 10.7 Å². The van der Waals surface area contributed by atoms with Crippen LogP contribution in [-0.2, 0) is 9.47 Å². The molecule has 1 spiro atoms. The van der Waals surface area contributed by atoms with Crippen LogP contribution in [0.15, 0.2) is 29.3 Å². The standard InChI is InChI=1S/C18H25N3O3.HI/c19-17(20-11-13-12-23-18(24-13)8-3-4-9-18)21-15-7-10-22-16-6-2-1-5-14(15)16;/h1-2,5-6,13,15H,3-4,7-12H2,(H3,19,20,21);1H. The Kier molecular flexibility index (Phi) is 6.06. The Hall–Kier alpha value is -1.06. The number of nitrogens with one attached hydrogen (secondary N) is 1. The Balaban J connectivity index is 0.00000182. The van der Waals surface area contributed by atoms with E-state index in [1.807, 2.05) is 18.2 Å². The van der Waals surface area contributed by atoms with Crippen molar-refractivity contribution >= 4 is 29.9 Å². The Labute approximate surface area is 165 Å². The molecule has 2 atom stereocenters. The molecule has 1 saturated heterocycles. The molecular formula is C18H26IN3O3. The molecule has 4 rings (SSSR count). The highest BCUT2D eigenvalue weighted by molar-refractivity contribution is 14.0. The van der Waals surface area contributed by atoms with Gasteiger partial charge in [-0.25, -0.2) is 0 Å². The van der Waals surface area contributed by atoms with E-state index < -0.39 is 0 Å². The minimum Gasteiger partial charge on any atom is -0.493 e. The second kappa shape index (κ2) is 8.09. The summed E-state index contributed by atoms with van der Waals surface area (Å²) in [6.45, 7) is 1.83. The molecule has 0 aromatic heterocycles. The number of guanidine groups is 1. The maximum absolute atomic E-state index is 6.09. The van der Waals surface area contributed by atoms with Crippen LogP contribution in [0.3, 0.4) is 0 Å². The van der Waals surface area contributed by atoms with E-state index in [1.165, 1.54) is 12.8 Å². The summed E-state index contributed by atoms with van der Waals surface area (Å²) >= 11 is 0. The highest BCUT2D eigenvalue weighted by Gasteiger charge is 2.43. The van der Waals surface area contributed by atoms with Crippen LogP contribution in [0.1, 0.15) is 43.7 Å². The maximum Gasteiger partial charge on any atom is 0.189 e. The van der Waals surface area contributed by atoms with Crippen LogP contribution >= 0.6 is 24.0 Å². The lowest BCUT2D eigenvalue weighted by Crippen LogP contribution is -2.38. The van der Waals surface area contributed by atoms with Gasteiger partial charge in [-0.3, -0.25) is 4.99 Å². The van der Waals surface area contributed by atoms with E-state index in [9.17, 15) is 0 Å². The van der Waals surface area contributed by atoms with Crippen molar-refractivity contribution in [1.82, 2.24) is 5.32 Å². The van der Waals surface area contributed by atoms with E-state index in [0.717, 1.165) is 30.6 Å². The topological polar surface area (TPSA) is 78.1 Å². The zero-order chi connectivity index (χ0) is 16.4. The second-order valence-electron chi connectivity index (χ2n) is 6.77. The number of para-hydroxylation sites is 1. The molecular weight excluding hydrogens is 433 g/mol. The number of hydrogen-bond donors (Lipinski definition) is 2. The number of nitrogens with zero attached hydrogens (tertiary/aromatic N) is 1. The van der Waals surface area contributed by atoms with Crippen molar-refractivity contribution in [1.29, 1.82) is 0 Å². The van der Waals surface area contributed by atoms with Crippen molar-refractivity contribution in [3.63, 3.8) is 0 Å². The van der Waals surface area contributed by atoms with Gasteiger partial charge in [-0.1, -0.05) is 18.2 Å². The number of halogens is 1. The van der Waals surface area contributed by atoms with Gasteiger partial charge in [0.1, 0.15) is 11.9 Å². The third-order valence-electron chi connectivity index (χ3n) is 5.02. The number of hydrogen-bond acceptors (Lipinski definition) is 4. The Bertz CT molecular complexity index is 619. The average molecular weight is 459 g/mol. The molecule has 3 aliphatic rings. The van der Waals surface area contributed by atoms with Crippen LogP contribution in [0.25, 0.3) is 0 Å². The second-order valence-corrected chi connectivity index (χ2v) is 6.77. The summed E-state index contributed by atoms with van der Waals surface area (Å²) in [6.07, 6.45) is 5.25. The quantitative estimate of drug-likeness (QED) is 0.413. The van der Waals surface area contributed by atoms with Gasteiger partial charge < -0.3 is 25.3 Å². The summed E-state index contributed by atoms with van der Waals surface area (Å²) in [5.41, 5.74) is 7.22. The van der Waals surface area contributed by atoms with Gasteiger partial charge in [0.25, 0.3) is 0 Å². The molecule has 6 nitrogen and oxygen atoms in total. The number of nitrogens with two attached hydrogens (primary N) is 1. The fourth-order valence-electron chi connectivity index (χ4n) is 3.80. The molecule has 1 aromatic rings. The summed E-state index contributed by atoms with van der Waals surface area (Å²) in [5, 5.41) is 3.31. The SMILES string of the molecule is I.NC(=NCC1COC2(CCCC2)O1)NC1CCOc2ccccc21. The van der Waals surface area contributed by atoms with Crippen molar-refractivity contribution < 1.29 is 14.2 Å². The van der Waals surface area contributed by atoms with Crippen molar-refractivity contribution in [2.45, 2.75) is 50.0 Å². The number of fused-ring (bicyclic) bond motifs is 1. The molecule has 1 saturated carbocycles. The fourth-order valence-corrected chi connectivity index (χ4v) is 3.80. The van der Waals surface area contributed by atoms with E-state index in [-0.39, 0.29) is 41.9 Å². The molecule has 2 fully saturated rings. The monoisotopic (exact) mass is 459 g/mol. The number of benzene rings is 1. The number of aliphatic imine (C=N–C) groups is 1. The minimum atomic E-state index is -0.331. The molecule has 1 aliphatic carbocycles. The van der Waals surface area contributed by atoms with Crippen molar-refractivity contribution in [2.75, 3.05) is 19.8 Å². The molecule has 2 unspecified atom stereocenters. The molecule has 2 heterocycles. The number of rotatable bonds is 3. The third-order valence-corrected chi connectivity index (χ3v) is 5.02. The lowest BCUT2D eigenvalue weighted by Gasteiger charge is -2.27. The van der Waals surface area contributed by atoms with Crippen LogP contribution in [-0.4, -0.2) is 37.6 Å². The highest BCUT2D eigenvalue weighted by Crippen LogP contribution is 2.39. The lowest BCUT2D eigenvalue weighted by atomic mass is 10.0. The molecule has 0 radical (unpaired) electrons. The summed E-state index contributed by atoms with van der Waals surface area (Å²) in [4.78, 5) is 4.47. The maximum atomic E-state index is 6.09. The van der Waals surface area contributed by atoms with Crippen molar-refractivity contribution in [3.05, 3.63) is 29.8 Å². The first-order valence-electron chi connectivity index (χ1n) is 8.84. The van der Waals surface area contributed by atoms with E-state index in [4.69, 9.17) is 19.9 Å². The van der Waals surface area contributed by atoms with Crippen molar-refractivity contribution in [3.8, 4) is 5.75 Å². The molecule has 2 aliphatic heterocycles. The zero-order valence-electron chi connectivity index (χ0n) is 14.3. The first-order chi connectivity index (χ1) is 11.7. The molecule has 7 heteroatoms. The number of ether oxygens (including phenoxy) is 3. The first kappa shape index (κ1) is 18.7. The summed E-state index contributed by atoms with van der Waals surface area (Å²) < 4.78 is 17.6. The van der Waals surface area contributed by atoms with Gasteiger partial charge in [-0.05, 0) is 18.9 Å². The Morgan fingerprint density at radius 3 is 2.92 bits per heavy atom. The highest BCUT2D eigenvalue weighted by atomic mass is 127. The molecule has 25 heavy (non-hydrogen) atoms. The predicted molar refractivity (Wildman–Crippen MR) is 106 cm³/mol. The molecule has 3 N–H and O–H groups in total. The molecule has 0 bridgehead atoms. The van der Waals surface area contributed by atoms with Crippen LogP contribution in [0.5, 0.6) is 5.75 Å². The predicted octanol–water partition coefficient (Wildman–Crippen LogP) is 2.72. The van der Waals surface area contributed by atoms with E-state index in [1.54, 1.807) is 0 Å². The van der Waals surface area contributed by atoms with Crippen LogP contribution in [0.2, 0.25) is 0 Å². The summed E-state index contributed by atoms with van der Waals surface area (Å²) in [5.74, 6) is 1.04. The van der Waals surface area contributed by atoms with Gasteiger partial charge in [0.05, 0.1) is 25.8 Å². The summed E-state index contributed by atoms with van der Waals surface area (Å²) in [6, 6.07) is 8.19. The van der Waals surface area contributed by atoms with Crippen LogP contribution in [0, 0.1) is 0 Å². The van der Waals surface area contributed by atoms with Gasteiger partial charge in [0.2, 0.25) is 0 Å². The zero-order valence-corrected chi connectivity index (χ0v) is 16.6. The van der Waals surface area contributed by atoms with Gasteiger partial charge in [0.15, 0.2) is 11.7 Å². The van der Waals surface area contributed by atoms with E-state index in [2.05, 4.69) is 16.4 Å². The smallest absolute Gasteiger partial charge is 0.189 e. The van der Waals surface area contributed by atoms with Gasteiger partial charge in [0, 0.05) is 24.8 Å². The first-order valence-corrected chi connectivity index (χ1v) is 8.84. The molecule has 138 valence electrons. The third kappa shape index (κ3) is 4.20. The minimum absolute atomic E-state index is 0. The van der Waals surface area contributed by atoms with Crippen LogP contribution in [0.4, 0.5) is 0 Å². The van der Waals surface area contributed by atoms with Crippen LogP contribution < -0.4 is 15.8 Å². The fraction of sp³-hybridized carbons (Fsp3) is 0.611. The summed E-state index contributed by atoms with van der Waals surface area (Å²) in [7, 11) is 0. The van der Waals surface area contributed by atoms with Gasteiger partial charge in [-0.2, -0.15) is 0 Å². The lowest BCUT2D eigenvalue weighted by molar-refractivity contribution is -0.160. The van der Waals surface area contributed by atoms with E-state index in [0.29, 0.717) is 25.7 Å². The normalized spacial score (nSPS) is 27.4. The Morgan fingerprint density at radius 2 is 2.08 bits per heavy atom.